The van der Waals surface area contributed by atoms with Crippen molar-refractivity contribution in [1.82, 2.24) is 14.9 Å². The Kier molecular flexibility index (Phi) is 6.60. The molecule has 1 N–H and O–H groups in total. The fraction of sp³-hybridized carbons (Fsp3) is 0.524. The Morgan fingerprint density at radius 3 is 2.41 bits per heavy atom. The molecule has 0 spiro atoms. The number of benzene rings is 1. The predicted molar refractivity (Wildman–Crippen MR) is 114 cm³/mol. The number of halogens is 3. The first kappa shape index (κ1) is 20.5. The molecule has 29 heavy (non-hydrogen) atoms. The van der Waals surface area contributed by atoms with Crippen molar-refractivity contribution in [3.05, 3.63) is 46.1 Å². The smallest absolute Gasteiger partial charge is 0.227 e. The molecule has 1 aromatic heterocycles. The fourth-order valence-electron chi connectivity index (χ4n) is 4.22. The molecule has 2 aliphatic rings. The highest BCUT2D eigenvalue weighted by atomic mass is 79.9. The van der Waals surface area contributed by atoms with Gasteiger partial charge in [0.2, 0.25) is 5.95 Å². The molecule has 0 atom stereocenters. The Bertz CT molecular complexity index is 816. The molecule has 0 saturated carbocycles. The monoisotopic (exact) mass is 465 g/mol. The maximum absolute atomic E-state index is 13.9. The molecule has 4 rings (SSSR count). The molecule has 2 saturated heterocycles. The minimum Gasteiger partial charge on any atom is -0.365 e. The molecule has 0 amide bonds. The van der Waals surface area contributed by atoms with E-state index in [1.165, 1.54) is 50.6 Å². The van der Waals surface area contributed by atoms with Crippen molar-refractivity contribution >= 4 is 27.7 Å². The summed E-state index contributed by atoms with van der Waals surface area (Å²) < 4.78 is 28.4. The number of likely N-dealkylation sites (tertiary alicyclic amines) is 1. The Morgan fingerprint density at radius 2 is 1.72 bits per heavy atom. The molecular formula is C21H26BrF2N5. The average molecular weight is 466 g/mol. The summed E-state index contributed by atoms with van der Waals surface area (Å²) in [5.41, 5.74) is 0.00177. The lowest BCUT2D eigenvalue weighted by molar-refractivity contribution is 0.141. The summed E-state index contributed by atoms with van der Waals surface area (Å²) >= 11 is 3.43. The molecule has 8 heteroatoms. The van der Waals surface area contributed by atoms with E-state index in [9.17, 15) is 8.78 Å². The Balaban J connectivity index is 1.39. The lowest BCUT2D eigenvalue weighted by Gasteiger charge is -2.40. The molecule has 0 aliphatic carbocycles. The molecule has 2 aromatic rings. The summed E-state index contributed by atoms with van der Waals surface area (Å²) in [5.74, 6) is 0.0583. The topological polar surface area (TPSA) is 44.3 Å². The molecule has 156 valence electrons. The minimum atomic E-state index is -0.567. The second-order valence-electron chi connectivity index (χ2n) is 7.74. The van der Waals surface area contributed by atoms with Crippen molar-refractivity contribution in [2.75, 3.05) is 36.4 Å². The first-order valence-corrected chi connectivity index (χ1v) is 11.1. The van der Waals surface area contributed by atoms with E-state index in [4.69, 9.17) is 0 Å². The van der Waals surface area contributed by atoms with Crippen LogP contribution in [0.5, 0.6) is 0 Å². The van der Waals surface area contributed by atoms with Gasteiger partial charge < -0.3 is 15.1 Å². The zero-order chi connectivity index (χ0) is 20.2. The van der Waals surface area contributed by atoms with Crippen LogP contribution in [-0.2, 0) is 6.54 Å². The zero-order valence-corrected chi connectivity index (χ0v) is 18.0. The fourth-order valence-corrected chi connectivity index (χ4v) is 4.55. The molecule has 2 aliphatic heterocycles. The van der Waals surface area contributed by atoms with E-state index in [-0.39, 0.29) is 12.1 Å². The van der Waals surface area contributed by atoms with E-state index in [1.54, 1.807) is 6.20 Å². The van der Waals surface area contributed by atoms with Crippen LogP contribution in [0.2, 0.25) is 0 Å². The molecular weight excluding hydrogens is 440 g/mol. The molecule has 1 aromatic carbocycles. The number of hydrogen-bond acceptors (Lipinski definition) is 5. The van der Waals surface area contributed by atoms with E-state index >= 15 is 0 Å². The van der Waals surface area contributed by atoms with Gasteiger partial charge in [-0.3, -0.25) is 0 Å². The third-order valence-electron chi connectivity index (χ3n) is 5.88. The van der Waals surface area contributed by atoms with Crippen LogP contribution < -0.4 is 10.2 Å². The number of rotatable bonds is 5. The number of nitrogens with zero attached hydrogens (tertiary/aromatic N) is 4. The molecule has 0 radical (unpaired) electrons. The van der Waals surface area contributed by atoms with Crippen molar-refractivity contribution in [3.63, 3.8) is 0 Å². The number of nitrogens with one attached hydrogen (secondary N) is 1. The Hall–Kier alpha value is -1.80. The van der Waals surface area contributed by atoms with Crippen LogP contribution in [-0.4, -0.2) is 47.1 Å². The van der Waals surface area contributed by atoms with Gasteiger partial charge in [0.15, 0.2) is 0 Å². The van der Waals surface area contributed by atoms with Gasteiger partial charge in [0.1, 0.15) is 17.5 Å². The first-order chi connectivity index (χ1) is 14.1. The van der Waals surface area contributed by atoms with Gasteiger partial charge >= 0.3 is 0 Å². The van der Waals surface area contributed by atoms with Crippen molar-refractivity contribution < 1.29 is 8.78 Å². The van der Waals surface area contributed by atoms with E-state index in [0.29, 0.717) is 22.3 Å². The highest BCUT2D eigenvalue weighted by molar-refractivity contribution is 9.10. The van der Waals surface area contributed by atoms with E-state index in [0.717, 1.165) is 25.9 Å². The van der Waals surface area contributed by atoms with Crippen molar-refractivity contribution in [2.45, 2.75) is 44.7 Å². The largest absolute Gasteiger partial charge is 0.365 e. The van der Waals surface area contributed by atoms with Crippen LogP contribution in [0.25, 0.3) is 0 Å². The first-order valence-electron chi connectivity index (χ1n) is 10.3. The summed E-state index contributed by atoms with van der Waals surface area (Å²) in [4.78, 5) is 13.9. The molecule has 3 heterocycles. The molecule has 5 nitrogen and oxygen atoms in total. The quantitative estimate of drug-likeness (QED) is 0.699. The summed E-state index contributed by atoms with van der Waals surface area (Å²) in [6, 6.07) is 4.53. The second-order valence-corrected chi connectivity index (χ2v) is 8.59. The average Bonchev–Trinajstić information content (AvgIpc) is 2.75. The van der Waals surface area contributed by atoms with Gasteiger partial charge in [0.25, 0.3) is 0 Å². The van der Waals surface area contributed by atoms with Gasteiger partial charge in [0.05, 0.1) is 4.47 Å². The molecule has 2 fully saturated rings. The standard InChI is InChI=1S/C21H26BrF2N5/c22-17-14-26-21(27-20(17)25-13-16-18(23)5-4-6-19(16)24)29-11-7-15(8-12-29)28-9-2-1-3-10-28/h4-6,14-15H,1-3,7-13H2,(H,25,26,27). The maximum atomic E-state index is 13.9. The third kappa shape index (κ3) is 4.86. The maximum Gasteiger partial charge on any atom is 0.227 e. The van der Waals surface area contributed by atoms with Crippen LogP contribution in [0.1, 0.15) is 37.7 Å². The van der Waals surface area contributed by atoms with Gasteiger partial charge in [-0.1, -0.05) is 12.5 Å². The second kappa shape index (κ2) is 9.34. The van der Waals surface area contributed by atoms with Crippen molar-refractivity contribution in [1.29, 1.82) is 0 Å². The normalized spacial score (nSPS) is 18.8. The van der Waals surface area contributed by atoms with Gasteiger partial charge in [-0.2, -0.15) is 4.98 Å². The number of anilines is 2. The van der Waals surface area contributed by atoms with Gasteiger partial charge in [-0.15, -0.1) is 0 Å². The van der Waals surface area contributed by atoms with Crippen LogP contribution in [0, 0.1) is 11.6 Å². The van der Waals surface area contributed by atoms with Crippen LogP contribution >= 0.6 is 15.9 Å². The van der Waals surface area contributed by atoms with E-state index in [2.05, 4.69) is 41.0 Å². The lowest BCUT2D eigenvalue weighted by atomic mass is 10.0. The van der Waals surface area contributed by atoms with Gasteiger partial charge in [-0.25, -0.2) is 13.8 Å². The number of aromatic nitrogens is 2. The van der Waals surface area contributed by atoms with Crippen LogP contribution in [0.3, 0.4) is 0 Å². The lowest BCUT2D eigenvalue weighted by Crippen LogP contribution is -2.47. The molecule has 0 bridgehead atoms. The Labute approximate surface area is 178 Å². The summed E-state index contributed by atoms with van der Waals surface area (Å²) in [5, 5.41) is 3.04. The zero-order valence-electron chi connectivity index (χ0n) is 16.4. The third-order valence-corrected chi connectivity index (χ3v) is 6.46. The van der Waals surface area contributed by atoms with Crippen LogP contribution in [0.15, 0.2) is 28.9 Å². The van der Waals surface area contributed by atoms with Gasteiger partial charge in [0, 0.05) is 37.4 Å². The van der Waals surface area contributed by atoms with Crippen LogP contribution in [0.4, 0.5) is 20.5 Å². The molecule has 0 unspecified atom stereocenters. The van der Waals surface area contributed by atoms with Crippen molar-refractivity contribution in [2.24, 2.45) is 0 Å². The van der Waals surface area contributed by atoms with E-state index < -0.39 is 11.6 Å². The SMILES string of the molecule is Fc1cccc(F)c1CNc1nc(N2CCC(N3CCCCC3)CC2)ncc1Br. The summed E-state index contributed by atoms with van der Waals surface area (Å²) in [6.07, 6.45) is 7.90. The number of hydrogen-bond donors (Lipinski definition) is 1. The van der Waals surface area contributed by atoms with Gasteiger partial charge in [-0.05, 0) is 66.8 Å². The highest BCUT2D eigenvalue weighted by Gasteiger charge is 2.26. The predicted octanol–water partition coefficient (Wildman–Crippen LogP) is 4.58. The van der Waals surface area contributed by atoms with Crippen molar-refractivity contribution in [3.8, 4) is 0 Å². The summed E-state index contributed by atoms with van der Waals surface area (Å²) in [7, 11) is 0. The van der Waals surface area contributed by atoms with E-state index in [1.807, 2.05) is 0 Å². The summed E-state index contributed by atoms with van der Waals surface area (Å²) in [6.45, 7) is 4.30. The minimum absolute atomic E-state index is 0.00177. The highest BCUT2D eigenvalue weighted by Crippen LogP contribution is 2.26. The number of piperidine rings is 2. The Morgan fingerprint density at radius 1 is 1.03 bits per heavy atom.